The van der Waals surface area contributed by atoms with Gasteiger partial charge in [-0.3, -0.25) is 0 Å². The molecule has 1 rings (SSSR count). The Morgan fingerprint density at radius 3 is 1.50 bits per heavy atom. The maximum absolute atomic E-state index is 11.6. The Bertz CT molecular complexity index is 529. The minimum atomic E-state index is -3.77. The Kier molecular flexibility index (Phi) is 17.9. The van der Waals surface area contributed by atoms with Crippen LogP contribution in [0.2, 0.25) is 0 Å². The minimum Gasteiger partial charge on any atom is -0.824 e. The van der Waals surface area contributed by atoms with E-state index in [1.165, 1.54) is 88.2 Å². The fourth-order valence-corrected chi connectivity index (χ4v) is 5.95. The number of hydrogen-bond acceptors (Lipinski definition) is 4. The van der Waals surface area contributed by atoms with E-state index in [2.05, 4.69) is 31.7 Å². The summed E-state index contributed by atoms with van der Waals surface area (Å²) in [5.74, 6) is 0. The third-order valence-electron chi connectivity index (χ3n) is 4.88. The number of rotatable bonds is 16. The van der Waals surface area contributed by atoms with E-state index < -0.39 is 5.69 Å². The largest absolute Gasteiger partial charge is 2.00 e. The monoisotopic (exact) mass is 492 g/mol. The Morgan fingerprint density at radius 1 is 0.714 bits per heavy atom. The van der Waals surface area contributed by atoms with Gasteiger partial charge in [0.25, 0.3) is 0 Å². The van der Waals surface area contributed by atoms with Gasteiger partial charge in [-0.2, -0.15) is 5.69 Å². The molecule has 0 atom stereocenters. The van der Waals surface area contributed by atoms with Crippen molar-refractivity contribution < 1.29 is 29.3 Å². The van der Waals surface area contributed by atoms with E-state index in [9.17, 15) is 9.79 Å². The topological polar surface area (TPSA) is 46.1 Å². The van der Waals surface area contributed by atoms with Gasteiger partial charge >= 0.3 is 19.5 Å². The summed E-state index contributed by atoms with van der Waals surface area (Å²) in [5.41, 5.74) is -1.24. The van der Waals surface area contributed by atoms with E-state index >= 15 is 0 Å². The van der Waals surface area contributed by atoms with Gasteiger partial charge in [-0.05, 0) is 48.9 Å². The third kappa shape index (κ3) is 15.6. The fraction of sp³-hybridized carbons (Fsp3) is 0.727. The second kappa shape index (κ2) is 17.4. The molecule has 0 aromatic heterocycles. The van der Waals surface area contributed by atoms with Crippen LogP contribution in [0.5, 0.6) is 0 Å². The van der Waals surface area contributed by atoms with Crippen molar-refractivity contribution in [3.63, 3.8) is 0 Å². The SMILES string of the molecule is CCCCCCCCc1cc(CCCCCCCC)cc(SP([O-])([O-])=S)c1.[Zn+2]. The Morgan fingerprint density at radius 2 is 1.11 bits per heavy atom. The first-order valence-electron chi connectivity index (χ1n) is 10.8. The number of aryl methyl sites for hydroxylation is 2. The van der Waals surface area contributed by atoms with E-state index in [4.69, 9.17) is 0 Å². The second-order valence-corrected chi connectivity index (χ2v) is 13.2. The molecule has 2 nitrogen and oxygen atoms in total. The predicted octanol–water partition coefficient (Wildman–Crippen LogP) is 6.53. The first-order chi connectivity index (χ1) is 12.9. The van der Waals surface area contributed by atoms with Crippen LogP contribution in [-0.4, -0.2) is 0 Å². The van der Waals surface area contributed by atoms with Crippen LogP contribution < -0.4 is 9.79 Å². The molecule has 0 fully saturated rings. The van der Waals surface area contributed by atoms with Gasteiger partial charge in [0.05, 0.1) is 0 Å². The molecule has 0 radical (unpaired) electrons. The molecule has 0 aliphatic carbocycles. The first-order valence-corrected chi connectivity index (χ1v) is 14.8. The van der Waals surface area contributed by atoms with Crippen LogP contribution in [0.15, 0.2) is 23.1 Å². The van der Waals surface area contributed by atoms with Crippen LogP contribution in [0.4, 0.5) is 0 Å². The van der Waals surface area contributed by atoms with Crippen LogP contribution in [0.1, 0.15) is 102 Å². The summed E-state index contributed by atoms with van der Waals surface area (Å²) in [6, 6.07) is 6.33. The summed E-state index contributed by atoms with van der Waals surface area (Å²) >= 11 is 5.45. The molecule has 0 spiro atoms. The van der Waals surface area contributed by atoms with Gasteiger partial charge in [-0.15, -0.1) is 23.2 Å². The van der Waals surface area contributed by atoms with Gasteiger partial charge in [0.15, 0.2) is 0 Å². The van der Waals surface area contributed by atoms with Gasteiger partial charge in [0.2, 0.25) is 0 Å². The van der Waals surface area contributed by atoms with Crippen molar-refractivity contribution in [2.75, 3.05) is 0 Å². The molecule has 1 aromatic rings. The van der Waals surface area contributed by atoms with E-state index in [0.717, 1.165) is 29.1 Å². The number of benzene rings is 1. The molecular weight excluding hydrogens is 457 g/mol. The average molecular weight is 494 g/mol. The molecule has 0 bridgehead atoms. The zero-order valence-electron chi connectivity index (χ0n) is 17.9. The molecule has 0 unspecified atom stereocenters. The predicted molar refractivity (Wildman–Crippen MR) is 121 cm³/mol. The van der Waals surface area contributed by atoms with Crippen LogP contribution in [0.3, 0.4) is 0 Å². The van der Waals surface area contributed by atoms with Crippen molar-refractivity contribution in [2.24, 2.45) is 0 Å². The molecule has 0 heterocycles. The van der Waals surface area contributed by atoms with Crippen LogP contribution in [0, 0.1) is 0 Å². The molecule has 0 saturated heterocycles. The van der Waals surface area contributed by atoms with Crippen molar-refractivity contribution in [1.29, 1.82) is 0 Å². The van der Waals surface area contributed by atoms with Gasteiger partial charge in [-0.25, -0.2) is 0 Å². The van der Waals surface area contributed by atoms with E-state index in [0.29, 0.717) is 0 Å². The minimum absolute atomic E-state index is 0. The first kappa shape index (κ1) is 28.8. The van der Waals surface area contributed by atoms with E-state index in [1.807, 2.05) is 12.1 Å². The molecule has 0 N–H and O–H groups in total. The smallest absolute Gasteiger partial charge is 0.824 e. The molecule has 1 aromatic carbocycles. The van der Waals surface area contributed by atoms with Crippen molar-refractivity contribution >= 4 is 28.9 Å². The maximum Gasteiger partial charge on any atom is 2.00 e. The Hall–Kier alpha value is 0.763. The standard InChI is InChI=1S/C22H39O2PS2.Zn/c1-3-5-7-9-11-13-15-20-17-21(16-14-12-10-8-6-4-2)19-22(18-20)27-25(23,24)26;/h17-19H,3-16H2,1-2H3,(H2,23,24,26);/q;+2/p-2. The molecule has 6 heteroatoms. The molecule has 0 aliphatic rings. The van der Waals surface area contributed by atoms with E-state index in [-0.39, 0.29) is 19.5 Å². The average Bonchev–Trinajstić information content (AvgIpc) is 2.59. The summed E-state index contributed by atoms with van der Waals surface area (Å²) in [7, 11) is 0. The normalized spacial score (nSPS) is 11.4. The van der Waals surface area contributed by atoms with Crippen LogP contribution in [-0.2, 0) is 44.1 Å². The van der Waals surface area contributed by atoms with Crippen molar-refractivity contribution in [2.45, 2.75) is 109 Å². The van der Waals surface area contributed by atoms with Crippen molar-refractivity contribution in [1.82, 2.24) is 0 Å². The summed E-state index contributed by atoms with van der Waals surface area (Å²) in [6.45, 7) is 4.48. The summed E-state index contributed by atoms with van der Waals surface area (Å²) in [4.78, 5) is 23.9. The molecule has 0 saturated carbocycles. The number of hydrogen-bond donors (Lipinski definition) is 0. The molecule has 156 valence electrons. The van der Waals surface area contributed by atoms with Crippen molar-refractivity contribution in [3.05, 3.63) is 29.3 Å². The van der Waals surface area contributed by atoms with E-state index in [1.54, 1.807) is 0 Å². The molecule has 0 amide bonds. The Balaban J connectivity index is 0.00000729. The molecule has 0 aliphatic heterocycles. The molecule has 28 heavy (non-hydrogen) atoms. The number of unbranched alkanes of at least 4 members (excludes halogenated alkanes) is 10. The summed E-state index contributed by atoms with van der Waals surface area (Å²) in [6.07, 6.45) is 17.4. The fourth-order valence-electron chi connectivity index (χ4n) is 3.42. The van der Waals surface area contributed by atoms with Gasteiger partial charge < -0.3 is 9.79 Å². The quantitative estimate of drug-likeness (QED) is 0.149. The Labute approximate surface area is 195 Å². The van der Waals surface area contributed by atoms with Crippen LogP contribution >= 0.6 is 17.1 Å². The zero-order valence-corrected chi connectivity index (χ0v) is 23.4. The van der Waals surface area contributed by atoms with Gasteiger partial charge in [0.1, 0.15) is 0 Å². The van der Waals surface area contributed by atoms with Crippen LogP contribution in [0.25, 0.3) is 0 Å². The second-order valence-electron chi connectivity index (χ2n) is 7.56. The summed E-state index contributed by atoms with van der Waals surface area (Å²) in [5, 5.41) is 0. The van der Waals surface area contributed by atoms with Crippen molar-refractivity contribution in [3.8, 4) is 0 Å². The zero-order chi connectivity index (χ0) is 20.0. The third-order valence-corrected chi connectivity index (χ3v) is 7.53. The van der Waals surface area contributed by atoms with Gasteiger partial charge in [-0.1, -0.05) is 84.1 Å². The summed E-state index contributed by atoms with van der Waals surface area (Å²) < 4.78 is 0. The maximum atomic E-state index is 11.6. The van der Waals surface area contributed by atoms with Gasteiger partial charge in [0, 0.05) is 4.90 Å². The molecular formula is C22H37O2PS2Zn.